The summed E-state index contributed by atoms with van der Waals surface area (Å²) in [5, 5.41) is 8.66. The van der Waals surface area contributed by atoms with Gasteiger partial charge in [0.1, 0.15) is 6.17 Å². The molecule has 0 aromatic rings. The molecule has 0 bridgehead atoms. The van der Waals surface area contributed by atoms with Crippen molar-refractivity contribution in [1.29, 1.82) is 0 Å². The van der Waals surface area contributed by atoms with E-state index in [2.05, 4.69) is 0 Å². The van der Waals surface area contributed by atoms with Crippen LogP contribution in [0.5, 0.6) is 0 Å². The van der Waals surface area contributed by atoms with Crippen molar-refractivity contribution in [3.8, 4) is 0 Å². The summed E-state index contributed by atoms with van der Waals surface area (Å²) < 4.78 is 24.7. The first-order chi connectivity index (χ1) is 4.10. The van der Waals surface area contributed by atoms with Gasteiger partial charge in [-0.1, -0.05) is 0 Å². The van der Waals surface area contributed by atoms with Crippen molar-refractivity contribution in [2.75, 3.05) is 0 Å². The molecule has 0 spiro atoms. The van der Waals surface area contributed by atoms with Crippen molar-refractivity contribution in [3.63, 3.8) is 0 Å². The molecule has 0 radical (unpaired) electrons. The smallest absolute Gasteiger partial charge is 0.206 e. The third-order valence-corrected chi connectivity index (χ3v) is 1.68. The second-order valence-electron chi connectivity index (χ2n) is 2.59. The van der Waals surface area contributed by atoms with E-state index in [1.807, 2.05) is 0 Å². The first kappa shape index (κ1) is 6.93. The van der Waals surface area contributed by atoms with Gasteiger partial charge in [0.2, 0.25) is 5.85 Å². The molecule has 0 aromatic heterocycles. The molecular weight excluding hydrogens is 126 g/mol. The Morgan fingerprint density at radius 3 is 2.11 bits per heavy atom. The summed E-state index contributed by atoms with van der Waals surface area (Å²) in [4.78, 5) is 0. The maximum absolute atomic E-state index is 12.4. The predicted molar refractivity (Wildman–Crippen MR) is 29.4 cm³/mol. The summed E-state index contributed by atoms with van der Waals surface area (Å²) in [5.74, 6) is -2.08. The monoisotopic (exact) mass is 136 g/mol. The van der Waals surface area contributed by atoms with Gasteiger partial charge in [-0.3, -0.25) is 0 Å². The number of hydrogen-bond donors (Lipinski definition) is 1. The van der Waals surface area contributed by atoms with Gasteiger partial charge in [-0.25, -0.2) is 8.78 Å². The molecule has 0 unspecified atom stereocenters. The number of aliphatic hydroxyl groups is 1. The largest absolute Gasteiger partial charge is 0.362 e. The van der Waals surface area contributed by atoms with E-state index in [-0.39, 0.29) is 25.7 Å². The summed E-state index contributed by atoms with van der Waals surface area (Å²) in [6.07, 6.45) is -0.677. The topological polar surface area (TPSA) is 20.2 Å². The molecule has 0 aliphatic heterocycles. The number of halogens is 2. The maximum Gasteiger partial charge on any atom is 0.206 e. The molecule has 1 rings (SSSR count). The van der Waals surface area contributed by atoms with E-state index < -0.39 is 12.0 Å². The highest BCUT2D eigenvalue weighted by Gasteiger charge is 2.32. The van der Waals surface area contributed by atoms with E-state index in [4.69, 9.17) is 5.11 Å². The van der Waals surface area contributed by atoms with E-state index in [0.717, 1.165) is 0 Å². The summed E-state index contributed by atoms with van der Waals surface area (Å²) in [7, 11) is 0. The quantitative estimate of drug-likeness (QED) is 0.535. The zero-order chi connectivity index (χ0) is 6.91. The van der Waals surface area contributed by atoms with Gasteiger partial charge in [0.25, 0.3) is 0 Å². The van der Waals surface area contributed by atoms with E-state index in [9.17, 15) is 8.78 Å². The molecule has 1 nitrogen and oxygen atoms in total. The van der Waals surface area contributed by atoms with Crippen LogP contribution in [0, 0.1) is 0 Å². The minimum absolute atomic E-state index is 0.0475. The lowest BCUT2D eigenvalue weighted by molar-refractivity contribution is -0.123. The molecule has 3 heteroatoms. The Morgan fingerprint density at radius 2 is 1.78 bits per heavy atom. The van der Waals surface area contributed by atoms with Gasteiger partial charge in [-0.05, 0) is 12.8 Å². The molecule has 1 saturated carbocycles. The Bertz CT molecular complexity index is 93.2. The third kappa shape index (κ3) is 1.90. The van der Waals surface area contributed by atoms with Gasteiger partial charge in [0, 0.05) is 12.8 Å². The van der Waals surface area contributed by atoms with E-state index in [0.29, 0.717) is 0 Å². The number of alkyl halides is 2. The van der Waals surface area contributed by atoms with Crippen LogP contribution >= 0.6 is 0 Å². The fourth-order valence-corrected chi connectivity index (χ4v) is 1.02. The Hall–Kier alpha value is -0.180. The predicted octanol–water partition coefficient (Wildman–Crippen LogP) is 1.56. The van der Waals surface area contributed by atoms with Crippen molar-refractivity contribution in [2.45, 2.75) is 37.7 Å². The average Bonchev–Trinajstić information content (AvgIpc) is 1.78. The first-order valence-corrected chi connectivity index (χ1v) is 3.15. The zero-order valence-electron chi connectivity index (χ0n) is 5.11. The first-order valence-electron chi connectivity index (χ1n) is 3.15. The van der Waals surface area contributed by atoms with E-state index >= 15 is 0 Å². The van der Waals surface area contributed by atoms with Crippen LogP contribution in [0.15, 0.2) is 0 Å². The second kappa shape index (κ2) is 2.21. The molecule has 0 atom stereocenters. The van der Waals surface area contributed by atoms with Gasteiger partial charge in [0.15, 0.2) is 0 Å². The van der Waals surface area contributed by atoms with Crippen LogP contribution in [0.2, 0.25) is 0 Å². The Labute approximate surface area is 52.7 Å². The van der Waals surface area contributed by atoms with Gasteiger partial charge < -0.3 is 5.11 Å². The van der Waals surface area contributed by atoms with Crippen molar-refractivity contribution < 1.29 is 13.9 Å². The Balaban J connectivity index is 2.35. The maximum atomic E-state index is 12.4. The molecule has 9 heavy (non-hydrogen) atoms. The van der Waals surface area contributed by atoms with Crippen molar-refractivity contribution in [3.05, 3.63) is 0 Å². The van der Waals surface area contributed by atoms with E-state index in [1.54, 1.807) is 0 Å². The highest BCUT2D eigenvalue weighted by Crippen LogP contribution is 2.30. The van der Waals surface area contributed by atoms with E-state index in [1.165, 1.54) is 0 Å². The SMILES string of the molecule is OC1(F)CCC(F)CC1. The lowest BCUT2D eigenvalue weighted by Crippen LogP contribution is -2.29. The molecule has 0 heterocycles. The minimum Gasteiger partial charge on any atom is -0.362 e. The summed E-state index contributed by atoms with van der Waals surface area (Å²) >= 11 is 0. The van der Waals surface area contributed by atoms with Crippen LogP contribution in [0.3, 0.4) is 0 Å². The van der Waals surface area contributed by atoms with Crippen LogP contribution in [-0.2, 0) is 0 Å². The van der Waals surface area contributed by atoms with Crippen LogP contribution < -0.4 is 0 Å². The fourth-order valence-electron chi connectivity index (χ4n) is 1.02. The number of rotatable bonds is 0. The molecule has 1 aliphatic rings. The van der Waals surface area contributed by atoms with Crippen LogP contribution in [0.25, 0.3) is 0 Å². The van der Waals surface area contributed by atoms with Crippen LogP contribution in [-0.4, -0.2) is 17.1 Å². The molecule has 1 N–H and O–H groups in total. The molecule has 1 fully saturated rings. The summed E-state index contributed by atoms with van der Waals surface area (Å²) in [6, 6.07) is 0. The zero-order valence-corrected chi connectivity index (χ0v) is 5.11. The highest BCUT2D eigenvalue weighted by atomic mass is 19.2. The molecule has 0 saturated heterocycles. The third-order valence-electron chi connectivity index (χ3n) is 1.68. The molecule has 1 aliphatic carbocycles. The van der Waals surface area contributed by atoms with Gasteiger partial charge in [0.05, 0.1) is 0 Å². The minimum atomic E-state index is -2.08. The Kier molecular flexibility index (Phi) is 1.70. The summed E-state index contributed by atoms with van der Waals surface area (Å²) in [6.45, 7) is 0. The lowest BCUT2D eigenvalue weighted by atomic mass is 9.94. The lowest BCUT2D eigenvalue weighted by Gasteiger charge is -2.25. The van der Waals surface area contributed by atoms with Crippen molar-refractivity contribution >= 4 is 0 Å². The van der Waals surface area contributed by atoms with Gasteiger partial charge >= 0.3 is 0 Å². The average molecular weight is 136 g/mol. The fraction of sp³-hybridized carbons (Fsp3) is 1.00. The van der Waals surface area contributed by atoms with Crippen LogP contribution in [0.4, 0.5) is 8.78 Å². The molecular formula is C6H10F2O. The Morgan fingerprint density at radius 1 is 1.33 bits per heavy atom. The van der Waals surface area contributed by atoms with Crippen molar-refractivity contribution in [2.24, 2.45) is 0 Å². The summed E-state index contributed by atoms with van der Waals surface area (Å²) in [5.41, 5.74) is 0. The molecule has 54 valence electrons. The number of hydrogen-bond acceptors (Lipinski definition) is 1. The normalized spacial score (nSPS) is 45.0. The van der Waals surface area contributed by atoms with Gasteiger partial charge in [-0.15, -0.1) is 0 Å². The van der Waals surface area contributed by atoms with Crippen LogP contribution in [0.1, 0.15) is 25.7 Å². The molecule has 0 aromatic carbocycles. The van der Waals surface area contributed by atoms with Crippen molar-refractivity contribution in [1.82, 2.24) is 0 Å². The standard InChI is InChI=1S/C6H10F2O/c7-5-1-3-6(8,9)4-2-5/h5,9H,1-4H2. The van der Waals surface area contributed by atoms with Gasteiger partial charge in [-0.2, -0.15) is 0 Å². The second-order valence-corrected chi connectivity index (χ2v) is 2.59. The molecule has 0 amide bonds. The highest BCUT2D eigenvalue weighted by molar-refractivity contribution is 4.76.